The van der Waals surface area contributed by atoms with E-state index in [4.69, 9.17) is 5.73 Å². The van der Waals surface area contributed by atoms with E-state index in [2.05, 4.69) is 5.32 Å². The molecule has 3 N–H and O–H groups in total. The topological polar surface area (TPSA) is 55.1 Å². The second-order valence-electron chi connectivity index (χ2n) is 2.99. The molecule has 3 heteroatoms. The van der Waals surface area contributed by atoms with E-state index < -0.39 is 0 Å². The maximum atomic E-state index is 10.7. The monoisotopic (exact) mass is 178 g/mol. The predicted molar refractivity (Wildman–Crippen MR) is 51.9 cm³/mol. The predicted octanol–water partition coefficient (Wildman–Crippen LogP) is 0.650. The molecule has 0 saturated heterocycles. The van der Waals surface area contributed by atoms with Crippen LogP contribution < -0.4 is 11.1 Å². The van der Waals surface area contributed by atoms with Crippen molar-refractivity contribution in [3.8, 4) is 0 Å². The number of hydrogen-bond acceptors (Lipinski definition) is 2. The molecule has 0 radical (unpaired) electrons. The number of carbonyl (C=O) groups excluding carboxylic acids is 1. The Morgan fingerprint density at radius 1 is 1.46 bits per heavy atom. The molecular weight excluding hydrogens is 164 g/mol. The zero-order valence-corrected chi connectivity index (χ0v) is 7.66. The van der Waals surface area contributed by atoms with Gasteiger partial charge in [-0.3, -0.25) is 4.79 Å². The lowest BCUT2D eigenvalue weighted by molar-refractivity contribution is -0.119. The van der Waals surface area contributed by atoms with E-state index >= 15 is 0 Å². The minimum atomic E-state index is -0.323. The van der Waals surface area contributed by atoms with E-state index in [1.807, 2.05) is 30.3 Å². The lowest BCUT2D eigenvalue weighted by Crippen LogP contribution is -2.38. The summed E-state index contributed by atoms with van der Waals surface area (Å²) < 4.78 is 0. The summed E-state index contributed by atoms with van der Waals surface area (Å²) in [5.74, 6) is -0.323. The third-order valence-corrected chi connectivity index (χ3v) is 1.88. The Morgan fingerprint density at radius 2 is 2.08 bits per heavy atom. The van der Waals surface area contributed by atoms with Crippen molar-refractivity contribution in [3.05, 3.63) is 35.9 Å². The van der Waals surface area contributed by atoms with Crippen molar-refractivity contribution in [2.24, 2.45) is 5.73 Å². The molecule has 1 aromatic rings. The summed E-state index contributed by atoms with van der Waals surface area (Å²) in [5, 5.41) is 3.02. The molecule has 70 valence electrons. The smallest absolute Gasteiger partial charge is 0.234 e. The summed E-state index contributed by atoms with van der Waals surface area (Å²) in [6.45, 7) is 2.43. The number of rotatable bonds is 4. The van der Waals surface area contributed by atoms with Crippen molar-refractivity contribution in [1.29, 1.82) is 0 Å². The Balaban J connectivity index is 2.39. The fourth-order valence-corrected chi connectivity index (χ4v) is 0.967. The van der Waals surface area contributed by atoms with Gasteiger partial charge in [-0.15, -0.1) is 0 Å². The van der Waals surface area contributed by atoms with Crippen LogP contribution in [0, 0.1) is 0 Å². The average Bonchev–Trinajstić information content (AvgIpc) is 2.15. The van der Waals surface area contributed by atoms with Gasteiger partial charge in [0, 0.05) is 6.54 Å². The summed E-state index contributed by atoms with van der Waals surface area (Å²) in [7, 11) is 0. The van der Waals surface area contributed by atoms with Crippen LogP contribution in [0.25, 0.3) is 0 Å². The minimum Gasteiger partial charge on any atom is -0.368 e. The SMILES string of the molecule is CC(NCc1ccccc1)C(N)=O. The molecule has 1 rings (SSSR count). The zero-order chi connectivity index (χ0) is 9.68. The van der Waals surface area contributed by atoms with E-state index in [0.717, 1.165) is 5.56 Å². The third kappa shape index (κ3) is 3.25. The summed E-state index contributed by atoms with van der Waals surface area (Å²) >= 11 is 0. The van der Waals surface area contributed by atoms with Crippen molar-refractivity contribution in [2.75, 3.05) is 0 Å². The Kier molecular flexibility index (Phi) is 3.46. The van der Waals surface area contributed by atoms with Crippen LogP contribution in [0.15, 0.2) is 30.3 Å². The van der Waals surface area contributed by atoms with E-state index in [-0.39, 0.29) is 11.9 Å². The molecule has 0 fully saturated rings. The molecule has 3 nitrogen and oxygen atoms in total. The van der Waals surface area contributed by atoms with Crippen molar-refractivity contribution in [3.63, 3.8) is 0 Å². The number of benzene rings is 1. The van der Waals surface area contributed by atoms with Crippen LogP contribution >= 0.6 is 0 Å². The van der Waals surface area contributed by atoms with Gasteiger partial charge in [-0.2, -0.15) is 0 Å². The molecular formula is C10H14N2O. The van der Waals surface area contributed by atoms with Gasteiger partial charge in [-0.05, 0) is 12.5 Å². The minimum absolute atomic E-state index is 0.278. The van der Waals surface area contributed by atoms with Crippen LogP contribution in [0.3, 0.4) is 0 Å². The molecule has 0 aromatic heterocycles. The second-order valence-corrected chi connectivity index (χ2v) is 2.99. The maximum absolute atomic E-state index is 10.7. The van der Waals surface area contributed by atoms with Crippen molar-refractivity contribution < 1.29 is 4.79 Å². The van der Waals surface area contributed by atoms with Crippen LogP contribution in [0.4, 0.5) is 0 Å². The van der Waals surface area contributed by atoms with E-state index in [0.29, 0.717) is 6.54 Å². The Morgan fingerprint density at radius 3 is 2.62 bits per heavy atom. The molecule has 1 unspecified atom stereocenters. The highest BCUT2D eigenvalue weighted by Crippen LogP contribution is 1.97. The molecule has 0 aliphatic carbocycles. The van der Waals surface area contributed by atoms with Gasteiger partial charge in [0.1, 0.15) is 0 Å². The van der Waals surface area contributed by atoms with Crippen LogP contribution in [0.1, 0.15) is 12.5 Å². The number of hydrogen-bond donors (Lipinski definition) is 2. The normalized spacial score (nSPS) is 12.4. The Hall–Kier alpha value is -1.35. The average molecular weight is 178 g/mol. The molecule has 0 spiro atoms. The quantitative estimate of drug-likeness (QED) is 0.711. The molecule has 1 amide bonds. The van der Waals surface area contributed by atoms with E-state index in [9.17, 15) is 4.79 Å². The van der Waals surface area contributed by atoms with Gasteiger partial charge in [0.2, 0.25) is 5.91 Å². The van der Waals surface area contributed by atoms with Gasteiger partial charge >= 0.3 is 0 Å². The molecule has 13 heavy (non-hydrogen) atoms. The van der Waals surface area contributed by atoms with Crippen LogP contribution in [-0.4, -0.2) is 11.9 Å². The molecule has 1 atom stereocenters. The summed E-state index contributed by atoms with van der Waals surface area (Å²) in [4.78, 5) is 10.7. The Bertz CT molecular complexity index is 272. The van der Waals surface area contributed by atoms with Crippen LogP contribution in [0.2, 0.25) is 0 Å². The van der Waals surface area contributed by atoms with Gasteiger partial charge < -0.3 is 11.1 Å². The first-order valence-electron chi connectivity index (χ1n) is 4.27. The molecule has 0 aliphatic rings. The number of amides is 1. The van der Waals surface area contributed by atoms with Gasteiger partial charge in [-0.1, -0.05) is 30.3 Å². The van der Waals surface area contributed by atoms with E-state index in [1.54, 1.807) is 6.92 Å². The molecule has 0 heterocycles. The van der Waals surface area contributed by atoms with E-state index in [1.165, 1.54) is 0 Å². The lowest BCUT2D eigenvalue weighted by Gasteiger charge is -2.09. The highest BCUT2D eigenvalue weighted by molar-refractivity contribution is 5.79. The first-order chi connectivity index (χ1) is 6.20. The van der Waals surface area contributed by atoms with Crippen LogP contribution in [0.5, 0.6) is 0 Å². The first kappa shape index (κ1) is 9.74. The highest BCUT2D eigenvalue weighted by Gasteiger charge is 2.06. The second kappa shape index (κ2) is 4.62. The molecule has 1 aromatic carbocycles. The zero-order valence-electron chi connectivity index (χ0n) is 7.66. The largest absolute Gasteiger partial charge is 0.368 e. The number of primary amides is 1. The lowest BCUT2D eigenvalue weighted by atomic mass is 10.2. The standard InChI is InChI=1S/C10H14N2O/c1-8(10(11)13)12-7-9-5-3-2-4-6-9/h2-6,8,12H,7H2,1H3,(H2,11,13). The maximum Gasteiger partial charge on any atom is 0.234 e. The van der Waals surface area contributed by atoms with Crippen molar-refractivity contribution >= 4 is 5.91 Å². The summed E-state index contributed by atoms with van der Waals surface area (Å²) in [5.41, 5.74) is 6.25. The fourth-order valence-electron chi connectivity index (χ4n) is 0.967. The molecule has 0 saturated carbocycles. The number of nitrogens with one attached hydrogen (secondary N) is 1. The molecule has 0 bridgehead atoms. The molecule has 0 aliphatic heterocycles. The summed E-state index contributed by atoms with van der Waals surface area (Å²) in [6.07, 6.45) is 0. The highest BCUT2D eigenvalue weighted by atomic mass is 16.1. The summed E-state index contributed by atoms with van der Waals surface area (Å²) in [6, 6.07) is 9.61. The van der Waals surface area contributed by atoms with Gasteiger partial charge in [0.05, 0.1) is 6.04 Å². The van der Waals surface area contributed by atoms with Crippen molar-refractivity contribution in [1.82, 2.24) is 5.32 Å². The fraction of sp³-hybridized carbons (Fsp3) is 0.300. The number of nitrogens with two attached hydrogens (primary N) is 1. The number of carbonyl (C=O) groups is 1. The first-order valence-corrected chi connectivity index (χ1v) is 4.27. The third-order valence-electron chi connectivity index (χ3n) is 1.88. The Labute approximate surface area is 77.9 Å². The van der Waals surface area contributed by atoms with Crippen molar-refractivity contribution in [2.45, 2.75) is 19.5 Å². The van der Waals surface area contributed by atoms with Gasteiger partial charge in [0.15, 0.2) is 0 Å². The van der Waals surface area contributed by atoms with Crippen LogP contribution in [-0.2, 0) is 11.3 Å². The van der Waals surface area contributed by atoms with Gasteiger partial charge in [-0.25, -0.2) is 0 Å². The van der Waals surface area contributed by atoms with Gasteiger partial charge in [0.25, 0.3) is 0 Å².